The number of unbranched alkanes of at least 4 members (excludes halogenated alkanes) is 21. The first-order valence-electron chi connectivity index (χ1n) is 28.7. The van der Waals surface area contributed by atoms with Gasteiger partial charge in [0.1, 0.15) is 73.2 Å². The predicted octanol–water partition coefficient (Wildman–Crippen LogP) is 4.15. The Hall–Kier alpha value is -1.99. The second kappa shape index (κ2) is 40.2. The fourth-order valence-corrected chi connectivity index (χ4v) is 9.63. The Balaban J connectivity index is 1.55. The predicted molar refractivity (Wildman–Crippen MR) is 282 cm³/mol. The molecule has 0 radical (unpaired) electrons. The van der Waals surface area contributed by atoms with Crippen LogP contribution in [-0.2, 0) is 33.2 Å². The van der Waals surface area contributed by atoms with Gasteiger partial charge in [-0.05, 0) is 44.9 Å². The monoisotopic (exact) mass is 1080 g/mol. The van der Waals surface area contributed by atoms with Gasteiger partial charge < -0.3 is 89.9 Å². The molecule has 3 aliphatic heterocycles. The van der Waals surface area contributed by atoms with Crippen molar-refractivity contribution in [2.24, 2.45) is 0 Å². The third kappa shape index (κ3) is 24.9. The van der Waals surface area contributed by atoms with Crippen LogP contribution >= 0.6 is 0 Å². The van der Waals surface area contributed by atoms with E-state index in [1.54, 1.807) is 6.08 Å². The smallest absolute Gasteiger partial charge is 0.220 e. The SMILES string of the molecule is CCCCCCCCC/C=C/CC/C=C/CC/C=C/C(O)C(COC1OC(CO)C(OC2OC(CO)C(OC3OC(CO)C(O)C(O)C3O)C(O)C2O)C(O)C1O)NC(=O)CCCCCCCCCCCCCCC. The summed E-state index contributed by atoms with van der Waals surface area (Å²) in [6, 6.07) is -0.991. The van der Waals surface area contributed by atoms with E-state index in [0.717, 1.165) is 44.9 Å². The fourth-order valence-electron chi connectivity index (χ4n) is 9.63. The summed E-state index contributed by atoms with van der Waals surface area (Å²) < 4.78 is 34.2. The van der Waals surface area contributed by atoms with Gasteiger partial charge in [-0.3, -0.25) is 4.79 Å². The highest BCUT2D eigenvalue weighted by Gasteiger charge is 2.53. The second-order valence-corrected chi connectivity index (χ2v) is 20.7. The molecule has 0 saturated carbocycles. The van der Waals surface area contributed by atoms with E-state index in [-0.39, 0.29) is 18.9 Å². The zero-order valence-corrected chi connectivity index (χ0v) is 45.3. The molecular formula is C56H101NO18. The number of hydrogen-bond donors (Lipinski definition) is 12. The maximum Gasteiger partial charge on any atom is 0.220 e. The first-order valence-corrected chi connectivity index (χ1v) is 28.7. The van der Waals surface area contributed by atoms with Crippen molar-refractivity contribution in [3.63, 3.8) is 0 Å². The second-order valence-electron chi connectivity index (χ2n) is 20.7. The quantitative estimate of drug-likeness (QED) is 0.0302. The largest absolute Gasteiger partial charge is 0.394 e. The summed E-state index contributed by atoms with van der Waals surface area (Å²) in [6.45, 7) is 1.67. The van der Waals surface area contributed by atoms with Crippen LogP contribution in [0.1, 0.15) is 181 Å². The molecule has 0 aromatic heterocycles. The molecule has 1 amide bonds. The summed E-state index contributed by atoms with van der Waals surface area (Å²) in [6.07, 6.45) is 14.2. The third-order valence-corrected chi connectivity index (χ3v) is 14.4. The number of aliphatic hydroxyl groups excluding tert-OH is 11. The van der Waals surface area contributed by atoms with E-state index >= 15 is 0 Å². The van der Waals surface area contributed by atoms with E-state index in [1.807, 2.05) is 6.08 Å². The Morgan fingerprint density at radius 1 is 0.467 bits per heavy atom. The van der Waals surface area contributed by atoms with Crippen molar-refractivity contribution in [1.82, 2.24) is 5.32 Å². The highest BCUT2D eigenvalue weighted by atomic mass is 16.8. The minimum Gasteiger partial charge on any atom is -0.394 e. The van der Waals surface area contributed by atoms with Crippen LogP contribution in [-0.4, -0.2) is 193 Å². The summed E-state index contributed by atoms with van der Waals surface area (Å²) >= 11 is 0. The molecular weight excluding hydrogens is 975 g/mol. The van der Waals surface area contributed by atoms with E-state index in [1.165, 1.54) is 103 Å². The number of nitrogens with one attached hydrogen (secondary N) is 1. The summed E-state index contributed by atoms with van der Waals surface area (Å²) in [5.41, 5.74) is 0. The lowest BCUT2D eigenvalue weighted by Gasteiger charge is -2.48. The topological polar surface area (TPSA) is 307 Å². The van der Waals surface area contributed by atoms with Crippen molar-refractivity contribution >= 4 is 5.91 Å². The number of aliphatic hydroxyl groups is 11. The van der Waals surface area contributed by atoms with E-state index in [4.69, 9.17) is 28.4 Å². The zero-order valence-electron chi connectivity index (χ0n) is 45.3. The molecule has 3 heterocycles. The molecule has 3 aliphatic rings. The maximum absolute atomic E-state index is 13.3. The van der Waals surface area contributed by atoms with Gasteiger partial charge in [0.2, 0.25) is 5.91 Å². The molecule has 0 aliphatic carbocycles. The number of carbonyl (C=O) groups is 1. The van der Waals surface area contributed by atoms with Crippen molar-refractivity contribution in [2.75, 3.05) is 26.4 Å². The Morgan fingerprint density at radius 2 is 0.853 bits per heavy atom. The molecule has 3 saturated heterocycles. The average Bonchev–Trinajstić information content (AvgIpc) is 3.41. The van der Waals surface area contributed by atoms with Gasteiger partial charge in [-0.15, -0.1) is 0 Å². The number of rotatable bonds is 41. The highest BCUT2D eigenvalue weighted by molar-refractivity contribution is 5.76. The third-order valence-electron chi connectivity index (χ3n) is 14.4. The number of ether oxygens (including phenoxy) is 6. The van der Waals surface area contributed by atoms with Crippen molar-refractivity contribution in [2.45, 2.75) is 285 Å². The molecule has 75 heavy (non-hydrogen) atoms. The lowest BCUT2D eigenvalue weighted by molar-refractivity contribution is -0.379. The molecule has 12 N–H and O–H groups in total. The van der Waals surface area contributed by atoms with Crippen LogP contribution in [0, 0.1) is 0 Å². The first-order chi connectivity index (χ1) is 36.3. The van der Waals surface area contributed by atoms with Crippen LogP contribution in [0.2, 0.25) is 0 Å². The number of amides is 1. The normalized spacial score (nSPS) is 31.5. The summed E-state index contributed by atoms with van der Waals surface area (Å²) in [5.74, 6) is -0.291. The Kier molecular flexibility index (Phi) is 36.1. The Bertz CT molecular complexity index is 1520. The summed E-state index contributed by atoms with van der Waals surface area (Å²) in [5, 5.41) is 120. The molecule has 17 unspecified atom stereocenters. The van der Waals surface area contributed by atoms with Gasteiger partial charge in [0, 0.05) is 6.42 Å². The standard InChI is InChI=1S/C56H101NO18/c1-3-5-7-9-11-13-15-17-18-19-20-22-23-25-27-29-31-33-40(61)39(57-44(62)34-32-30-28-26-24-21-16-14-12-10-8-6-4-2)38-70-54-50(68)47(65)52(42(36-59)72-54)75-56-51(69)48(66)53(43(37-60)73-56)74-55-49(67)46(64)45(63)41(35-58)71-55/h18-19,23,25,31,33,39-43,45-56,58-61,63-69H,3-17,20-22,24,26-30,32,34-38H2,1-2H3,(H,57,62)/b19-18+,25-23+,33-31+. The fraction of sp³-hybridized carbons (Fsp3) is 0.875. The molecule has 0 aromatic carbocycles. The van der Waals surface area contributed by atoms with Gasteiger partial charge in [0.15, 0.2) is 18.9 Å². The van der Waals surface area contributed by atoms with Crippen LogP contribution in [0.3, 0.4) is 0 Å². The summed E-state index contributed by atoms with van der Waals surface area (Å²) in [7, 11) is 0. The molecule has 0 spiro atoms. The van der Waals surface area contributed by atoms with Crippen LogP contribution < -0.4 is 5.32 Å². The van der Waals surface area contributed by atoms with Crippen molar-refractivity contribution in [3.05, 3.63) is 36.5 Å². The molecule has 19 heteroatoms. The minimum absolute atomic E-state index is 0.234. The van der Waals surface area contributed by atoms with Crippen LogP contribution in [0.4, 0.5) is 0 Å². The van der Waals surface area contributed by atoms with Gasteiger partial charge in [0.25, 0.3) is 0 Å². The van der Waals surface area contributed by atoms with Crippen molar-refractivity contribution in [1.29, 1.82) is 0 Å². The maximum atomic E-state index is 13.3. The zero-order chi connectivity index (χ0) is 54.8. The molecule has 3 rings (SSSR count). The van der Waals surface area contributed by atoms with Crippen LogP contribution in [0.25, 0.3) is 0 Å². The molecule has 0 bridgehead atoms. The molecule has 17 atom stereocenters. The van der Waals surface area contributed by atoms with Crippen molar-refractivity contribution < 1.29 is 89.4 Å². The molecule has 438 valence electrons. The molecule has 19 nitrogen and oxygen atoms in total. The van der Waals surface area contributed by atoms with Gasteiger partial charge in [0.05, 0.1) is 38.6 Å². The van der Waals surface area contributed by atoms with Crippen LogP contribution in [0.5, 0.6) is 0 Å². The minimum atomic E-state index is -1.98. The van der Waals surface area contributed by atoms with Crippen molar-refractivity contribution in [3.8, 4) is 0 Å². The number of hydrogen-bond acceptors (Lipinski definition) is 18. The number of allylic oxidation sites excluding steroid dienone is 5. The van der Waals surface area contributed by atoms with Gasteiger partial charge in [-0.1, -0.05) is 166 Å². The molecule has 3 fully saturated rings. The van der Waals surface area contributed by atoms with Gasteiger partial charge >= 0.3 is 0 Å². The van der Waals surface area contributed by atoms with Gasteiger partial charge in [-0.2, -0.15) is 0 Å². The van der Waals surface area contributed by atoms with E-state index in [0.29, 0.717) is 12.8 Å². The van der Waals surface area contributed by atoms with Gasteiger partial charge in [-0.25, -0.2) is 0 Å². The Morgan fingerprint density at radius 3 is 1.33 bits per heavy atom. The van der Waals surface area contributed by atoms with E-state index in [2.05, 4.69) is 43.5 Å². The lowest BCUT2D eigenvalue weighted by Crippen LogP contribution is -2.66. The first kappa shape index (κ1) is 67.3. The van der Waals surface area contributed by atoms with Crippen LogP contribution in [0.15, 0.2) is 36.5 Å². The highest BCUT2D eigenvalue weighted by Crippen LogP contribution is 2.33. The van der Waals surface area contributed by atoms with E-state index < -0.39 is 124 Å². The molecule has 0 aromatic rings. The average molecular weight is 1080 g/mol. The lowest BCUT2D eigenvalue weighted by atomic mass is 9.96. The number of carbonyl (C=O) groups excluding carboxylic acids is 1. The van der Waals surface area contributed by atoms with E-state index in [9.17, 15) is 61.0 Å². The summed E-state index contributed by atoms with van der Waals surface area (Å²) in [4.78, 5) is 13.3. The Labute approximate surface area is 447 Å².